The topological polar surface area (TPSA) is 41.5 Å². The lowest BCUT2D eigenvalue weighted by Crippen LogP contribution is -2.41. The van der Waals surface area contributed by atoms with Crippen LogP contribution in [0.5, 0.6) is 0 Å². The van der Waals surface area contributed by atoms with Crippen molar-refractivity contribution in [2.75, 3.05) is 19.8 Å². The average molecular weight is 277 g/mol. The molecule has 1 saturated heterocycles. The summed E-state index contributed by atoms with van der Waals surface area (Å²) in [5.74, 6) is 0.688. The predicted molar refractivity (Wildman–Crippen MR) is 81.8 cm³/mol. The van der Waals surface area contributed by atoms with E-state index in [0.717, 1.165) is 12.8 Å². The van der Waals surface area contributed by atoms with E-state index in [1.807, 2.05) is 0 Å². The van der Waals surface area contributed by atoms with Crippen molar-refractivity contribution in [3.05, 3.63) is 35.4 Å². The van der Waals surface area contributed by atoms with E-state index in [1.165, 1.54) is 11.1 Å². The van der Waals surface area contributed by atoms with Crippen molar-refractivity contribution >= 4 is 0 Å². The summed E-state index contributed by atoms with van der Waals surface area (Å²) in [7, 11) is 0. The summed E-state index contributed by atoms with van der Waals surface area (Å²) in [6, 6.07) is 9.03. The van der Waals surface area contributed by atoms with E-state index in [9.17, 15) is 5.11 Å². The summed E-state index contributed by atoms with van der Waals surface area (Å²) in [6.45, 7) is 8.31. The van der Waals surface area contributed by atoms with Gasteiger partial charge in [0.2, 0.25) is 0 Å². The van der Waals surface area contributed by atoms with Gasteiger partial charge in [0, 0.05) is 25.6 Å². The van der Waals surface area contributed by atoms with Crippen LogP contribution >= 0.6 is 0 Å². The maximum absolute atomic E-state index is 10.2. The third kappa shape index (κ3) is 4.30. The Balaban J connectivity index is 1.87. The van der Waals surface area contributed by atoms with Gasteiger partial charge in [-0.15, -0.1) is 0 Å². The van der Waals surface area contributed by atoms with Gasteiger partial charge in [-0.2, -0.15) is 0 Å². The van der Waals surface area contributed by atoms with E-state index in [0.29, 0.717) is 25.7 Å². The average Bonchev–Trinajstić information content (AvgIpc) is 2.84. The second-order valence-corrected chi connectivity index (χ2v) is 6.47. The third-order valence-corrected chi connectivity index (χ3v) is 3.94. The van der Waals surface area contributed by atoms with Crippen molar-refractivity contribution in [3.63, 3.8) is 0 Å². The first-order valence-corrected chi connectivity index (χ1v) is 7.61. The first-order valence-electron chi connectivity index (χ1n) is 7.61. The van der Waals surface area contributed by atoms with Crippen molar-refractivity contribution in [2.45, 2.75) is 45.3 Å². The van der Waals surface area contributed by atoms with Crippen LogP contribution in [0.1, 0.15) is 44.4 Å². The van der Waals surface area contributed by atoms with E-state index >= 15 is 0 Å². The Kier molecular flexibility index (Phi) is 5.19. The maximum atomic E-state index is 10.2. The van der Waals surface area contributed by atoms with Crippen molar-refractivity contribution in [2.24, 2.45) is 5.92 Å². The van der Waals surface area contributed by atoms with Crippen molar-refractivity contribution in [3.8, 4) is 0 Å². The highest BCUT2D eigenvalue weighted by Gasteiger charge is 2.32. The molecule has 3 heteroatoms. The Labute approximate surface area is 122 Å². The van der Waals surface area contributed by atoms with Gasteiger partial charge >= 0.3 is 0 Å². The van der Waals surface area contributed by atoms with Crippen molar-refractivity contribution < 1.29 is 9.84 Å². The normalized spacial score (nSPS) is 24.2. The van der Waals surface area contributed by atoms with E-state index < -0.39 is 5.60 Å². The van der Waals surface area contributed by atoms with Crippen molar-refractivity contribution in [1.82, 2.24) is 5.32 Å². The van der Waals surface area contributed by atoms with Gasteiger partial charge < -0.3 is 15.2 Å². The zero-order valence-electron chi connectivity index (χ0n) is 12.9. The molecular weight excluding hydrogens is 250 g/mol. The Bertz CT molecular complexity index is 408. The highest BCUT2D eigenvalue weighted by atomic mass is 16.5. The van der Waals surface area contributed by atoms with Crippen LogP contribution in [0.3, 0.4) is 0 Å². The quantitative estimate of drug-likeness (QED) is 0.840. The smallest absolute Gasteiger partial charge is 0.103 e. The molecule has 1 fully saturated rings. The number of nitrogens with one attached hydrogen (secondary N) is 1. The van der Waals surface area contributed by atoms with Crippen LogP contribution in [0.2, 0.25) is 0 Å². The molecule has 1 aromatic rings. The fraction of sp³-hybridized carbons (Fsp3) is 0.647. The van der Waals surface area contributed by atoms with Gasteiger partial charge in [-0.1, -0.05) is 38.1 Å². The molecular formula is C17H27NO2. The monoisotopic (exact) mass is 277 g/mol. The second kappa shape index (κ2) is 6.70. The fourth-order valence-electron chi connectivity index (χ4n) is 2.61. The minimum Gasteiger partial charge on any atom is -0.386 e. The molecule has 1 heterocycles. The lowest BCUT2D eigenvalue weighted by molar-refractivity contribution is 0.0252. The lowest BCUT2D eigenvalue weighted by atomic mass is 9.99. The van der Waals surface area contributed by atoms with Crippen LogP contribution in [0.25, 0.3) is 0 Å². The summed E-state index contributed by atoms with van der Waals surface area (Å²) in [5.41, 5.74) is 1.96. The van der Waals surface area contributed by atoms with Gasteiger partial charge in [-0.3, -0.25) is 0 Å². The molecule has 1 aromatic carbocycles. The van der Waals surface area contributed by atoms with Gasteiger partial charge in [-0.05, 0) is 30.4 Å². The van der Waals surface area contributed by atoms with E-state index in [-0.39, 0.29) is 6.04 Å². The number of ether oxygens (including phenoxy) is 1. The SMILES string of the molecule is CC(C)Cc1ccc(C(C)NCC2(O)CCOC2)cc1. The molecule has 1 aliphatic heterocycles. The van der Waals surface area contributed by atoms with Crippen LogP contribution in [0, 0.1) is 5.92 Å². The zero-order chi connectivity index (χ0) is 14.6. The molecule has 112 valence electrons. The first-order chi connectivity index (χ1) is 9.48. The maximum Gasteiger partial charge on any atom is 0.103 e. The van der Waals surface area contributed by atoms with Gasteiger partial charge in [0.05, 0.1) is 6.61 Å². The predicted octanol–water partition coefficient (Wildman–Crippen LogP) is 2.69. The molecule has 0 radical (unpaired) electrons. The summed E-state index contributed by atoms with van der Waals surface area (Å²) in [4.78, 5) is 0. The number of benzene rings is 1. The Morgan fingerprint density at radius 3 is 2.50 bits per heavy atom. The second-order valence-electron chi connectivity index (χ2n) is 6.47. The molecule has 0 saturated carbocycles. The highest BCUT2D eigenvalue weighted by Crippen LogP contribution is 2.20. The van der Waals surface area contributed by atoms with Crippen LogP contribution in [0.15, 0.2) is 24.3 Å². The van der Waals surface area contributed by atoms with Gasteiger partial charge in [0.25, 0.3) is 0 Å². The molecule has 0 amide bonds. The van der Waals surface area contributed by atoms with Crippen LogP contribution in [-0.2, 0) is 11.2 Å². The molecule has 2 unspecified atom stereocenters. The van der Waals surface area contributed by atoms with E-state index in [1.54, 1.807) is 0 Å². The summed E-state index contributed by atoms with van der Waals surface area (Å²) in [6.07, 6.45) is 1.85. The molecule has 0 spiro atoms. The Morgan fingerprint density at radius 1 is 1.25 bits per heavy atom. The van der Waals surface area contributed by atoms with Crippen LogP contribution in [0.4, 0.5) is 0 Å². The first kappa shape index (κ1) is 15.5. The number of hydrogen-bond donors (Lipinski definition) is 2. The summed E-state index contributed by atoms with van der Waals surface area (Å²) in [5, 5.41) is 13.7. The standard InChI is InChI=1S/C17H27NO2/c1-13(2)10-15-4-6-16(7-5-15)14(3)18-11-17(19)8-9-20-12-17/h4-7,13-14,18-19H,8-12H2,1-3H3. The Hall–Kier alpha value is -0.900. The molecule has 0 aliphatic carbocycles. The Morgan fingerprint density at radius 2 is 1.95 bits per heavy atom. The molecule has 3 nitrogen and oxygen atoms in total. The molecule has 0 bridgehead atoms. The van der Waals surface area contributed by atoms with Crippen LogP contribution < -0.4 is 5.32 Å². The lowest BCUT2D eigenvalue weighted by Gasteiger charge is -2.24. The molecule has 1 aliphatic rings. The minimum absolute atomic E-state index is 0.243. The number of aliphatic hydroxyl groups is 1. The largest absolute Gasteiger partial charge is 0.386 e. The fourth-order valence-corrected chi connectivity index (χ4v) is 2.61. The van der Waals surface area contributed by atoms with Crippen LogP contribution in [-0.4, -0.2) is 30.5 Å². The van der Waals surface area contributed by atoms with Gasteiger partial charge in [0.15, 0.2) is 0 Å². The molecule has 2 atom stereocenters. The molecule has 0 aromatic heterocycles. The van der Waals surface area contributed by atoms with Crippen molar-refractivity contribution in [1.29, 1.82) is 0 Å². The highest BCUT2D eigenvalue weighted by molar-refractivity contribution is 5.25. The molecule has 20 heavy (non-hydrogen) atoms. The molecule has 2 N–H and O–H groups in total. The number of rotatable bonds is 6. The molecule has 2 rings (SSSR count). The van der Waals surface area contributed by atoms with Gasteiger partial charge in [-0.25, -0.2) is 0 Å². The summed E-state index contributed by atoms with van der Waals surface area (Å²) >= 11 is 0. The minimum atomic E-state index is -0.689. The van der Waals surface area contributed by atoms with Gasteiger partial charge in [0.1, 0.15) is 5.60 Å². The third-order valence-electron chi connectivity index (χ3n) is 3.94. The zero-order valence-corrected chi connectivity index (χ0v) is 12.9. The van der Waals surface area contributed by atoms with E-state index in [2.05, 4.69) is 50.4 Å². The van der Waals surface area contributed by atoms with E-state index in [4.69, 9.17) is 4.74 Å². The summed E-state index contributed by atoms with van der Waals surface area (Å²) < 4.78 is 5.26. The number of hydrogen-bond acceptors (Lipinski definition) is 3.